The maximum absolute atomic E-state index is 12.4. The van der Waals surface area contributed by atoms with Crippen molar-refractivity contribution in [3.63, 3.8) is 0 Å². The molecule has 1 atom stereocenters. The molecule has 0 aromatic heterocycles. The van der Waals surface area contributed by atoms with E-state index in [0.29, 0.717) is 0 Å². The Morgan fingerprint density at radius 3 is 1.38 bits per heavy atom. The fourth-order valence-corrected chi connectivity index (χ4v) is 4.77. The molecule has 32 heavy (non-hydrogen) atoms. The number of rotatable bonds is 22. The van der Waals surface area contributed by atoms with Gasteiger partial charge in [0, 0.05) is 6.42 Å². The Labute approximate surface area is 198 Å². The van der Waals surface area contributed by atoms with Crippen LogP contribution in [0.5, 0.6) is 0 Å². The van der Waals surface area contributed by atoms with Crippen LogP contribution in [0.25, 0.3) is 0 Å². The Bertz CT molecular complexity index is 506. The highest BCUT2D eigenvalue weighted by Crippen LogP contribution is 2.47. The largest absolute Gasteiger partial charge is 0.481 e. The van der Waals surface area contributed by atoms with Gasteiger partial charge in [-0.1, -0.05) is 110 Å². The minimum Gasteiger partial charge on any atom is -0.481 e. The molecule has 0 fully saturated rings. The molecule has 2 N–H and O–H groups in total. The van der Waals surface area contributed by atoms with Crippen LogP contribution in [0, 0.1) is 10.8 Å². The lowest BCUT2D eigenvalue weighted by atomic mass is 9.61. The first-order valence-electron chi connectivity index (χ1n) is 13.2. The van der Waals surface area contributed by atoms with Gasteiger partial charge in [-0.3, -0.25) is 9.59 Å². The van der Waals surface area contributed by atoms with Crippen LogP contribution in [0.2, 0.25) is 0 Å². The van der Waals surface area contributed by atoms with Crippen molar-refractivity contribution in [3.05, 3.63) is 12.7 Å². The first-order chi connectivity index (χ1) is 15.2. The Hall–Kier alpha value is -1.32. The van der Waals surface area contributed by atoms with Crippen LogP contribution in [0.4, 0.5) is 0 Å². The van der Waals surface area contributed by atoms with E-state index in [1.807, 2.05) is 6.08 Å². The van der Waals surface area contributed by atoms with Crippen LogP contribution in [0.15, 0.2) is 12.7 Å². The second kappa shape index (κ2) is 18.1. The highest BCUT2D eigenvalue weighted by molar-refractivity contribution is 5.75. The van der Waals surface area contributed by atoms with Crippen LogP contribution in [-0.2, 0) is 9.59 Å². The van der Waals surface area contributed by atoms with Gasteiger partial charge in [0.05, 0.1) is 5.41 Å². The molecule has 0 bridgehead atoms. The van der Waals surface area contributed by atoms with Gasteiger partial charge in [0.1, 0.15) is 0 Å². The van der Waals surface area contributed by atoms with Gasteiger partial charge in [0.25, 0.3) is 0 Å². The smallest absolute Gasteiger partial charge is 0.310 e. The van der Waals surface area contributed by atoms with Crippen molar-refractivity contribution in [1.82, 2.24) is 0 Å². The van der Waals surface area contributed by atoms with E-state index in [1.54, 1.807) is 0 Å². The number of carboxylic acids is 2. The second-order valence-corrected chi connectivity index (χ2v) is 10.7. The molecule has 0 aromatic carbocycles. The van der Waals surface area contributed by atoms with Crippen LogP contribution in [0.3, 0.4) is 0 Å². The number of carboxylic acid groups (broad SMARTS) is 2. The molecule has 0 radical (unpaired) electrons. The number of hydrogen-bond acceptors (Lipinski definition) is 2. The number of allylic oxidation sites excluding steroid dienone is 1. The molecule has 4 heteroatoms. The third kappa shape index (κ3) is 14.0. The summed E-state index contributed by atoms with van der Waals surface area (Å²) in [7, 11) is 0. The number of aliphatic carboxylic acids is 2. The molecule has 0 heterocycles. The molecule has 0 aliphatic heterocycles. The molecule has 4 nitrogen and oxygen atoms in total. The highest BCUT2D eigenvalue weighted by atomic mass is 16.4. The normalized spacial score (nSPS) is 13.6. The first-order valence-corrected chi connectivity index (χ1v) is 13.2. The topological polar surface area (TPSA) is 74.6 Å². The molecule has 0 saturated carbocycles. The summed E-state index contributed by atoms with van der Waals surface area (Å²) in [6, 6.07) is 0. The summed E-state index contributed by atoms with van der Waals surface area (Å²) in [6.07, 6.45) is 21.7. The van der Waals surface area contributed by atoms with E-state index in [4.69, 9.17) is 5.11 Å². The third-order valence-corrected chi connectivity index (χ3v) is 7.10. The Kier molecular flexibility index (Phi) is 17.4. The molecule has 0 saturated heterocycles. The first kappa shape index (κ1) is 30.7. The minimum atomic E-state index is -0.704. The molecule has 0 rings (SSSR count). The quantitative estimate of drug-likeness (QED) is 0.127. The Morgan fingerprint density at radius 1 is 0.656 bits per heavy atom. The molecule has 0 aromatic rings. The average Bonchev–Trinajstić information content (AvgIpc) is 2.70. The molecule has 188 valence electrons. The summed E-state index contributed by atoms with van der Waals surface area (Å²) in [5.41, 5.74) is -0.874. The molecule has 0 aliphatic rings. The number of hydrogen-bond donors (Lipinski definition) is 2. The number of unbranched alkanes of at least 4 members (excludes halogenated alkanes) is 14. The molecular weight excluding hydrogens is 400 g/mol. The molecule has 0 aliphatic carbocycles. The number of carbonyl (C=O) groups is 2. The lowest BCUT2D eigenvalue weighted by Crippen LogP contribution is -2.43. The van der Waals surface area contributed by atoms with Gasteiger partial charge in [0.15, 0.2) is 0 Å². The summed E-state index contributed by atoms with van der Waals surface area (Å²) in [5.74, 6) is -1.32. The van der Waals surface area contributed by atoms with Gasteiger partial charge >= 0.3 is 11.9 Å². The highest BCUT2D eigenvalue weighted by Gasteiger charge is 2.47. The van der Waals surface area contributed by atoms with Crippen molar-refractivity contribution in [2.24, 2.45) is 10.8 Å². The van der Waals surface area contributed by atoms with Crippen molar-refractivity contribution in [3.8, 4) is 0 Å². The summed E-state index contributed by atoms with van der Waals surface area (Å²) in [4.78, 5) is 22.9. The lowest BCUT2D eigenvalue weighted by Gasteiger charge is -2.42. The van der Waals surface area contributed by atoms with Gasteiger partial charge < -0.3 is 10.2 Å². The lowest BCUT2D eigenvalue weighted by molar-refractivity contribution is -0.158. The zero-order valence-corrected chi connectivity index (χ0v) is 21.4. The summed E-state index contributed by atoms with van der Waals surface area (Å²) in [5, 5.41) is 18.9. The van der Waals surface area contributed by atoms with Gasteiger partial charge in [-0.15, -0.1) is 6.58 Å². The SMILES string of the molecule is C=CCCCCCCCCCC(CCCCCCCCCCC(=O)O)(C(=O)O)C(C)(C)C. The molecular formula is C28H52O4. The van der Waals surface area contributed by atoms with Crippen LogP contribution >= 0.6 is 0 Å². The maximum Gasteiger partial charge on any atom is 0.310 e. The van der Waals surface area contributed by atoms with E-state index < -0.39 is 17.4 Å². The van der Waals surface area contributed by atoms with Crippen molar-refractivity contribution < 1.29 is 19.8 Å². The monoisotopic (exact) mass is 452 g/mol. The summed E-state index contributed by atoms with van der Waals surface area (Å²) >= 11 is 0. The van der Waals surface area contributed by atoms with Crippen molar-refractivity contribution >= 4 is 11.9 Å². The van der Waals surface area contributed by atoms with E-state index in [1.165, 1.54) is 32.1 Å². The van der Waals surface area contributed by atoms with E-state index in [-0.39, 0.29) is 11.8 Å². The van der Waals surface area contributed by atoms with Gasteiger partial charge in [0.2, 0.25) is 0 Å². The van der Waals surface area contributed by atoms with Gasteiger partial charge in [-0.05, 0) is 37.5 Å². The summed E-state index contributed by atoms with van der Waals surface area (Å²) < 4.78 is 0. The zero-order chi connectivity index (χ0) is 24.3. The second-order valence-electron chi connectivity index (χ2n) is 10.7. The van der Waals surface area contributed by atoms with Crippen LogP contribution < -0.4 is 0 Å². The van der Waals surface area contributed by atoms with Gasteiger partial charge in [-0.2, -0.15) is 0 Å². The minimum absolute atomic E-state index is 0.242. The average molecular weight is 453 g/mol. The fourth-order valence-electron chi connectivity index (χ4n) is 4.77. The van der Waals surface area contributed by atoms with Crippen molar-refractivity contribution in [2.45, 2.75) is 143 Å². The Balaban J connectivity index is 4.22. The third-order valence-electron chi connectivity index (χ3n) is 7.10. The van der Waals surface area contributed by atoms with Crippen LogP contribution in [0.1, 0.15) is 143 Å². The fraction of sp³-hybridized carbons (Fsp3) is 0.857. The van der Waals surface area contributed by atoms with Crippen molar-refractivity contribution in [1.29, 1.82) is 0 Å². The van der Waals surface area contributed by atoms with Crippen LogP contribution in [-0.4, -0.2) is 22.2 Å². The predicted octanol–water partition coefficient (Wildman–Crippen LogP) is 8.79. The molecule has 0 spiro atoms. The maximum atomic E-state index is 12.4. The van der Waals surface area contributed by atoms with E-state index in [2.05, 4.69) is 27.4 Å². The molecule has 1 unspecified atom stereocenters. The van der Waals surface area contributed by atoms with E-state index >= 15 is 0 Å². The predicted molar refractivity (Wildman–Crippen MR) is 135 cm³/mol. The molecule has 0 amide bonds. The zero-order valence-electron chi connectivity index (χ0n) is 21.4. The standard InChI is InChI=1S/C28H52O4/c1-5-6-7-8-9-11-14-17-20-23-28(26(31)32,27(2,3)4)24-21-18-15-12-10-13-16-19-22-25(29)30/h5H,1,6-24H2,2-4H3,(H,29,30)(H,31,32). The summed E-state index contributed by atoms with van der Waals surface area (Å²) in [6.45, 7) is 10.1. The van der Waals surface area contributed by atoms with E-state index in [0.717, 1.165) is 83.5 Å². The van der Waals surface area contributed by atoms with Crippen molar-refractivity contribution in [2.75, 3.05) is 0 Å². The van der Waals surface area contributed by atoms with Gasteiger partial charge in [-0.25, -0.2) is 0 Å². The van der Waals surface area contributed by atoms with E-state index in [9.17, 15) is 14.7 Å². The Morgan fingerprint density at radius 2 is 1.03 bits per heavy atom.